The minimum absolute atomic E-state index is 0.0898. The van der Waals surface area contributed by atoms with Gasteiger partial charge < -0.3 is 14.8 Å². The quantitative estimate of drug-likeness (QED) is 0.801. The second kappa shape index (κ2) is 8.53. The highest BCUT2D eigenvalue weighted by Gasteiger charge is 2.41. The van der Waals surface area contributed by atoms with E-state index in [1.165, 1.54) is 12.1 Å². The lowest BCUT2D eigenvalue weighted by Crippen LogP contribution is -2.44. The van der Waals surface area contributed by atoms with Crippen LogP contribution in [0.15, 0.2) is 48.5 Å². The molecule has 1 unspecified atom stereocenters. The predicted octanol–water partition coefficient (Wildman–Crippen LogP) is 4.69. The van der Waals surface area contributed by atoms with Crippen LogP contribution in [0.5, 0.6) is 5.75 Å². The monoisotopic (exact) mass is 371 g/mol. The highest BCUT2D eigenvalue weighted by Crippen LogP contribution is 2.36. The Labute approximate surface area is 159 Å². The molecule has 2 aromatic rings. The zero-order chi connectivity index (χ0) is 19.3. The fourth-order valence-corrected chi connectivity index (χ4v) is 3.32. The van der Waals surface area contributed by atoms with Gasteiger partial charge in [-0.2, -0.15) is 0 Å². The third-order valence-corrected chi connectivity index (χ3v) is 5.20. The van der Waals surface area contributed by atoms with Crippen LogP contribution in [0.1, 0.15) is 38.7 Å². The van der Waals surface area contributed by atoms with E-state index >= 15 is 0 Å². The summed E-state index contributed by atoms with van der Waals surface area (Å²) in [6, 6.07) is 13.6. The smallest absolute Gasteiger partial charge is 0.235 e. The number of carbonyl (C=O) groups is 1. The standard InChI is InChI=1S/C22H26FNO3/c1-3-16(2)27-20-10-8-19(9-11-20)24-21(25)22(12-14-26-15-13-22)17-4-6-18(23)7-5-17/h4-11,16H,3,12-15H2,1-2H3,(H,24,25). The summed E-state index contributed by atoms with van der Waals surface area (Å²) in [6.45, 7) is 5.11. The molecule has 1 aliphatic heterocycles. The summed E-state index contributed by atoms with van der Waals surface area (Å²) in [4.78, 5) is 13.2. The fourth-order valence-electron chi connectivity index (χ4n) is 3.32. The zero-order valence-corrected chi connectivity index (χ0v) is 15.8. The molecule has 2 aromatic carbocycles. The second-order valence-electron chi connectivity index (χ2n) is 7.02. The van der Waals surface area contributed by atoms with Gasteiger partial charge in [-0.15, -0.1) is 0 Å². The summed E-state index contributed by atoms with van der Waals surface area (Å²) in [6.07, 6.45) is 2.22. The summed E-state index contributed by atoms with van der Waals surface area (Å²) in [7, 11) is 0. The van der Waals surface area contributed by atoms with Crippen molar-refractivity contribution in [3.05, 3.63) is 59.9 Å². The first-order valence-electron chi connectivity index (χ1n) is 9.45. The van der Waals surface area contributed by atoms with Crippen molar-refractivity contribution < 1.29 is 18.7 Å². The van der Waals surface area contributed by atoms with E-state index in [-0.39, 0.29) is 17.8 Å². The topological polar surface area (TPSA) is 47.6 Å². The minimum Gasteiger partial charge on any atom is -0.491 e. The molecule has 0 aromatic heterocycles. The van der Waals surface area contributed by atoms with Crippen LogP contribution in [0, 0.1) is 5.82 Å². The predicted molar refractivity (Wildman–Crippen MR) is 104 cm³/mol. The lowest BCUT2D eigenvalue weighted by Gasteiger charge is -2.36. The van der Waals surface area contributed by atoms with E-state index in [9.17, 15) is 9.18 Å². The number of hydrogen-bond donors (Lipinski definition) is 1. The number of benzene rings is 2. The molecule has 0 radical (unpaired) electrons. The second-order valence-corrected chi connectivity index (χ2v) is 7.02. The van der Waals surface area contributed by atoms with Gasteiger partial charge >= 0.3 is 0 Å². The molecular weight excluding hydrogens is 345 g/mol. The maximum Gasteiger partial charge on any atom is 0.235 e. The number of amides is 1. The molecule has 3 rings (SSSR count). The molecular formula is C22H26FNO3. The van der Waals surface area contributed by atoms with Crippen molar-refractivity contribution >= 4 is 11.6 Å². The van der Waals surface area contributed by atoms with E-state index in [1.54, 1.807) is 12.1 Å². The summed E-state index contributed by atoms with van der Waals surface area (Å²) in [5.74, 6) is 0.382. The van der Waals surface area contributed by atoms with E-state index in [4.69, 9.17) is 9.47 Å². The van der Waals surface area contributed by atoms with Crippen LogP contribution in [0.4, 0.5) is 10.1 Å². The highest BCUT2D eigenvalue weighted by molar-refractivity contribution is 5.99. The Morgan fingerprint density at radius 3 is 2.37 bits per heavy atom. The van der Waals surface area contributed by atoms with Gasteiger partial charge in [0.2, 0.25) is 5.91 Å². The first-order chi connectivity index (χ1) is 13.0. The van der Waals surface area contributed by atoms with Crippen LogP contribution in [-0.2, 0) is 14.9 Å². The number of nitrogens with one attached hydrogen (secondary N) is 1. The molecule has 27 heavy (non-hydrogen) atoms. The summed E-state index contributed by atoms with van der Waals surface area (Å²) in [5.41, 5.74) is 0.823. The Kier molecular flexibility index (Phi) is 6.11. The van der Waals surface area contributed by atoms with Gasteiger partial charge in [-0.3, -0.25) is 4.79 Å². The summed E-state index contributed by atoms with van der Waals surface area (Å²) < 4.78 is 24.6. The van der Waals surface area contributed by atoms with Crippen molar-refractivity contribution in [2.24, 2.45) is 0 Å². The van der Waals surface area contributed by atoms with Crippen LogP contribution in [0.3, 0.4) is 0 Å². The van der Waals surface area contributed by atoms with Crippen molar-refractivity contribution in [1.29, 1.82) is 0 Å². The minimum atomic E-state index is -0.710. The van der Waals surface area contributed by atoms with E-state index in [1.807, 2.05) is 31.2 Å². The van der Waals surface area contributed by atoms with E-state index in [0.717, 1.165) is 17.7 Å². The molecule has 1 N–H and O–H groups in total. The van der Waals surface area contributed by atoms with Gasteiger partial charge in [0.1, 0.15) is 11.6 Å². The van der Waals surface area contributed by atoms with Crippen LogP contribution in [0.2, 0.25) is 0 Å². The lowest BCUT2D eigenvalue weighted by atomic mass is 9.73. The zero-order valence-electron chi connectivity index (χ0n) is 15.8. The molecule has 1 fully saturated rings. The number of hydrogen-bond acceptors (Lipinski definition) is 3. The Morgan fingerprint density at radius 2 is 1.78 bits per heavy atom. The van der Waals surface area contributed by atoms with Gasteiger partial charge in [0.25, 0.3) is 0 Å². The van der Waals surface area contributed by atoms with Crippen molar-refractivity contribution in [3.63, 3.8) is 0 Å². The van der Waals surface area contributed by atoms with Crippen LogP contribution in [0.25, 0.3) is 0 Å². The molecule has 5 heteroatoms. The largest absolute Gasteiger partial charge is 0.491 e. The van der Waals surface area contributed by atoms with E-state index in [2.05, 4.69) is 12.2 Å². The Hall–Kier alpha value is -2.40. The highest BCUT2D eigenvalue weighted by atomic mass is 19.1. The van der Waals surface area contributed by atoms with Crippen molar-refractivity contribution in [2.45, 2.75) is 44.6 Å². The third-order valence-electron chi connectivity index (χ3n) is 5.20. The maximum atomic E-state index is 13.3. The summed E-state index contributed by atoms with van der Waals surface area (Å²) >= 11 is 0. The SMILES string of the molecule is CCC(C)Oc1ccc(NC(=O)C2(c3ccc(F)cc3)CCOCC2)cc1. The molecule has 1 saturated heterocycles. The van der Waals surface area contributed by atoms with Crippen molar-refractivity contribution in [1.82, 2.24) is 0 Å². The van der Waals surface area contributed by atoms with E-state index < -0.39 is 5.41 Å². The number of carbonyl (C=O) groups excluding carboxylic acids is 1. The fraction of sp³-hybridized carbons (Fsp3) is 0.409. The van der Waals surface area contributed by atoms with Crippen LogP contribution in [-0.4, -0.2) is 25.2 Å². The van der Waals surface area contributed by atoms with Crippen LogP contribution >= 0.6 is 0 Å². The number of anilines is 1. The molecule has 1 atom stereocenters. The van der Waals surface area contributed by atoms with Gasteiger partial charge in [-0.25, -0.2) is 4.39 Å². The maximum absolute atomic E-state index is 13.3. The van der Waals surface area contributed by atoms with Crippen LogP contribution < -0.4 is 10.1 Å². The molecule has 144 valence electrons. The third kappa shape index (κ3) is 4.48. The van der Waals surface area contributed by atoms with Gasteiger partial charge in [0.15, 0.2) is 0 Å². The van der Waals surface area contributed by atoms with Gasteiger partial charge in [-0.05, 0) is 68.1 Å². The molecule has 1 aliphatic rings. The molecule has 0 saturated carbocycles. The number of halogens is 1. The summed E-state index contributed by atoms with van der Waals surface area (Å²) in [5, 5.41) is 3.02. The lowest BCUT2D eigenvalue weighted by molar-refractivity contribution is -0.125. The molecule has 0 aliphatic carbocycles. The molecule has 0 spiro atoms. The normalized spacial score (nSPS) is 17.1. The van der Waals surface area contributed by atoms with Crippen molar-refractivity contribution in [3.8, 4) is 5.75 Å². The Bertz CT molecular complexity index is 752. The average Bonchev–Trinajstić information content (AvgIpc) is 2.70. The Morgan fingerprint density at radius 1 is 1.15 bits per heavy atom. The Balaban J connectivity index is 1.78. The van der Waals surface area contributed by atoms with Crippen molar-refractivity contribution in [2.75, 3.05) is 18.5 Å². The molecule has 4 nitrogen and oxygen atoms in total. The molecule has 1 heterocycles. The molecule has 1 amide bonds. The first-order valence-corrected chi connectivity index (χ1v) is 9.45. The molecule has 0 bridgehead atoms. The van der Waals surface area contributed by atoms with E-state index in [0.29, 0.717) is 31.7 Å². The van der Waals surface area contributed by atoms with Gasteiger partial charge in [0, 0.05) is 18.9 Å². The number of rotatable bonds is 6. The average molecular weight is 371 g/mol. The van der Waals surface area contributed by atoms with Gasteiger partial charge in [0.05, 0.1) is 11.5 Å². The first kappa shape index (κ1) is 19.4. The van der Waals surface area contributed by atoms with Gasteiger partial charge in [-0.1, -0.05) is 19.1 Å². The number of ether oxygens (including phenoxy) is 2.